The van der Waals surface area contributed by atoms with Gasteiger partial charge in [-0.2, -0.15) is 13.2 Å². The van der Waals surface area contributed by atoms with E-state index in [4.69, 9.17) is 5.73 Å². The van der Waals surface area contributed by atoms with Crippen molar-refractivity contribution in [3.8, 4) is 0 Å². The largest absolute Gasteiger partial charge is 0.417 e. The summed E-state index contributed by atoms with van der Waals surface area (Å²) < 4.78 is 49.5. The summed E-state index contributed by atoms with van der Waals surface area (Å²) in [4.78, 5) is 0. The molecule has 0 amide bonds. The van der Waals surface area contributed by atoms with Gasteiger partial charge in [0.05, 0.1) is 5.56 Å². The van der Waals surface area contributed by atoms with E-state index in [1.807, 2.05) is 0 Å². The molecule has 1 aromatic carbocycles. The van der Waals surface area contributed by atoms with Crippen LogP contribution in [0.5, 0.6) is 0 Å². The molecule has 0 saturated heterocycles. The molecule has 0 unspecified atom stereocenters. The van der Waals surface area contributed by atoms with Crippen molar-refractivity contribution in [2.75, 3.05) is 0 Å². The number of rotatable bonds is 1. The van der Waals surface area contributed by atoms with Gasteiger partial charge in [-0.3, -0.25) is 0 Å². The van der Waals surface area contributed by atoms with Gasteiger partial charge in [-0.05, 0) is 28.1 Å². The van der Waals surface area contributed by atoms with Crippen LogP contribution in [-0.4, -0.2) is 0 Å². The van der Waals surface area contributed by atoms with Gasteiger partial charge in [-0.1, -0.05) is 0 Å². The zero-order chi connectivity index (χ0) is 10.9. The number of halogens is 5. The highest BCUT2D eigenvalue weighted by atomic mass is 79.9. The number of hydrogen-bond donors (Lipinski definition) is 1. The lowest BCUT2D eigenvalue weighted by Crippen LogP contribution is -2.10. The van der Waals surface area contributed by atoms with Gasteiger partial charge in [0.25, 0.3) is 0 Å². The van der Waals surface area contributed by atoms with Gasteiger partial charge in [-0.15, -0.1) is 0 Å². The van der Waals surface area contributed by atoms with E-state index in [-0.39, 0.29) is 16.6 Å². The monoisotopic (exact) mass is 271 g/mol. The fourth-order valence-electron chi connectivity index (χ4n) is 1.00. The minimum Gasteiger partial charge on any atom is -0.326 e. The van der Waals surface area contributed by atoms with Gasteiger partial charge in [0, 0.05) is 16.6 Å². The molecule has 0 spiro atoms. The predicted molar refractivity (Wildman–Crippen MR) is 47.0 cm³/mol. The molecular formula is C8H6BrF4N. The van der Waals surface area contributed by atoms with Crippen molar-refractivity contribution >= 4 is 15.9 Å². The first-order valence-corrected chi connectivity index (χ1v) is 4.41. The van der Waals surface area contributed by atoms with Crippen LogP contribution in [0.4, 0.5) is 17.6 Å². The zero-order valence-electron chi connectivity index (χ0n) is 6.83. The summed E-state index contributed by atoms with van der Waals surface area (Å²) in [6.07, 6.45) is -4.50. The van der Waals surface area contributed by atoms with Crippen LogP contribution >= 0.6 is 15.9 Å². The van der Waals surface area contributed by atoms with E-state index in [0.29, 0.717) is 6.07 Å². The van der Waals surface area contributed by atoms with E-state index >= 15 is 0 Å². The van der Waals surface area contributed by atoms with E-state index in [2.05, 4.69) is 15.9 Å². The highest BCUT2D eigenvalue weighted by Crippen LogP contribution is 2.37. The second kappa shape index (κ2) is 3.86. The summed E-state index contributed by atoms with van der Waals surface area (Å²) in [7, 11) is 0. The first-order chi connectivity index (χ1) is 6.38. The molecule has 1 aromatic rings. The first-order valence-electron chi connectivity index (χ1n) is 3.62. The second-order valence-corrected chi connectivity index (χ2v) is 3.38. The SMILES string of the molecule is NCc1c(F)ccc(C(F)(F)F)c1Br. The lowest BCUT2D eigenvalue weighted by Gasteiger charge is -2.12. The van der Waals surface area contributed by atoms with E-state index in [1.54, 1.807) is 0 Å². The van der Waals surface area contributed by atoms with Crippen LogP contribution in [0.25, 0.3) is 0 Å². The number of hydrogen-bond acceptors (Lipinski definition) is 1. The predicted octanol–water partition coefficient (Wildman–Crippen LogP) is 3.07. The van der Waals surface area contributed by atoms with Crippen molar-refractivity contribution in [3.05, 3.63) is 33.5 Å². The molecule has 0 aliphatic rings. The van der Waals surface area contributed by atoms with Gasteiger partial charge < -0.3 is 5.73 Å². The van der Waals surface area contributed by atoms with Crippen LogP contribution in [0.3, 0.4) is 0 Å². The van der Waals surface area contributed by atoms with Crippen molar-refractivity contribution in [1.82, 2.24) is 0 Å². The molecule has 0 aliphatic heterocycles. The van der Waals surface area contributed by atoms with Crippen LogP contribution in [-0.2, 0) is 12.7 Å². The third kappa shape index (κ3) is 2.06. The number of nitrogens with two attached hydrogens (primary N) is 1. The molecule has 1 nitrogen and oxygen atoms in total. The Morgan fingerprint density at radius 3 is 2.29 bits per heavy atom. The van der Waals surface area contributed by atoms with Crippen molar-refractivity contribution in [1.29, 1.82) is 0 Å². The van der Waals surface area contributed by atoms with E-state index < -0.39 is 17.6 Å². The van der Waals surface area contributed by atoms with E-state index in [0.717, 1.165) is 6.07 Å². The van der Waals surface area contributed by atoms with Crippen LogP contribution in [0.2, 0.25) is 0 Å². The Kier molecular flexibility index (Phi) is 3.16. The lowest BCUT2D eigenvalue weighted by molar-refractivity contribution is -0.138. The molecule has 0 fully saturated rings. The Hall–Kier alpha value is -0.620. The van der Waals surface area contributed by atoms with Gasteiger partial charge in [-0.25, -0.2) is 4.39 Å². The maximum absolute atomic E-state index is 12.9. The fraction of sp³-hybridized carbons (Fsp3) is 0.250. The molecule has 1 rings (SSSR count). The van der Waals surface area contributed by atoms with Crippen LogP contribution in [0, 0.1) is 5.82 Å². The second-order valence-electron chi connectivity index (χ2n) is 2.59. The molecule has 0 aliphatic carbocycles. The molecule has 0 aromatic heterocycles. The average molecular weight is 272 g/mol. The Bertz CT molecular complexity index is 348. The molecule has 2 N–H and O–H groups in total. The maximum atomic E-state index is 12.9. The molecule has 0 radical (unpaired) electrons. The van der Waals surface area contributed by atoms with Gasteiger partial charge >= 0.3 is 6.18 Å². The number of alkyl halides is 3. The summed E-state index contributed by atoms with van der Waals surface area (Å²) in [5, 5.41) is 0. The molecule has 6 heteroatoms. The van der Waals surface area contributed by atoms with Gasteiger partial charge in [0.2, 0.25) is 0 Å². The Morgan fingerprint density at radius 2 is 1.86 bits per heavy atom. The third-order valence-corrected chi connectivity index (χ3v) is 2.60. The smallest absolute Gasteiger partial charge is 0.326 e. The molecule has 0 bridgehead atoms. The van der Waals surface area contributed by atoms with E-state index in [9.17, 15) is 17.6 Å². The van der Waals surface area contributed by atoms with E-state index in [1.165, 1.54) is 0 Å². The Balaban J connectivity index is 3.36. The zero-order valence-corrected chi connectivity index (χ0v) is 8.41. The quantitative estimate of drug-likeness (QED) is 0.781. The van der Waals surface area contributed by atoms with Crippen molar-refractivity contribution in [2.45, 2.75) is 12.7 Å². The minimum absolute atomic E-state index is 0.167. The first kappa shape index (κ1) is 11.5. The molecular weight excluding hydrogens is 266 g/mol. The van der Waals surface area contributed by atoms with Crippen molar-refractivity contribution < 1.29 is 17.6 Å². The summed E-state index contributed by atoms with van der Waals surface area (Å²) in [6.45, 7) is -0.281. The topological polar surface area (TPSA) is 26.0 Å². The normalized spacial score (nSPS) is 11.9. The van der Waals surface area contributed by atoms with Gasteiger partial charge in [0.15, 0.2) is 0 Å². The van der Waals surface area contributed by atoms with Crippen LogP contribution in [0.15, 0.2) is 16.6 Å². The highest BCUT2D eigenvalue weighted by Gasteiger charge is 2.34. The Labute approximate surface area is 86.0 Å². The molecule has 0 atom stereocenters. The van der Waals surface area contributed by atoms with Crippen molar-refractivity contribution in [2.24, 2.45) is 5.73 Å². The standard InChI is InChI=1S/C8H6BrF4N/c9-7-4(3-14)6(10)2-1-5(7)8(11,12)13/h1-2H,3,14H2. The maximum Gasteiger partial charge on any atom is 0.417 e. The average Bonchev–Trinajstić information content (AvgIpc) is 2.02. The number of benzene rings is 1. The highest BCUT2D eigenvalue weighted by molar-refractivity contribution is 9.10. The molecule has 0 heterocycles. The fourth-order valence-corrected chi connectivity index (χ4v) is 1.71. The minimum atomic E-state index is -4.50. The van der Waals surface area contributed by atoms with Crippen molar-refractivity contribution in [3.63, 3.8) is 0 Å². The summed E-state index contributed by atoms with van der Waals surface area (Å²) in [6, 6.07) is 1.44. The third-order valence-electron chi connectivity index (χ3n) is 1.70. The van der Waals surface area contributed by atoms with Crippen LogP contribution < -0.4 is 5.73 Å². The molecule has 0 saturated carbocycles. The molecule has 14 heavy (non-hydrogen) atoms. The van der Waals surface area contributed by atoms with Gasteiger partial charge in [0.1, 0.15) is 5.82 Å². The summed E-state index contributed by atoms with van der Waals surface area (Å²) in [5.41, 5.74) is 4.04. The molecule has 78 valence electrons. The summed E-state index contributed by atoms with van der Waals surface area (Å²) in [5.74, 6) is -0.743. The summed E-state index contributed by atoms with van der Waals surface area (Å²) >= 11 is 2.69. The lowest BCUT2D eigenvalue weighted by atomic mass is 10.1. The van der Waals surface area contributed by atoms with Crippen LogP contribution in [0.1, 0.15) is 11.1 Å². The Morgan fingerprint density at radius 1 is 1.29 bits per heavy atom.